The molecule has 7 heteroatoms. The summed E-state index contributed by atoms with van der Waals surface area (Å²) in [6.07, 6.45) is -3.22. The van der Waals surface area contributed by atoms with Gasteiger partial charge in [-0.3, -0.25) is 4.79 Å². The first-order valence-electron chi connectivity index (χ1n) is 3.30. The number of ether oxygens (including phenoxy) is 1. The largest absolute Gasteiger partial charge is 0.467 e. The number of carbonyl (C=O) groups excluding carboxylic acids is 2. The maximum atomic E-state index is 11.6. The number of aliphatic hydroxyl groups is 1. The fraction of sp³-hybridized carbons (Fsp3) is 0.667. The predicted octanol–water partition coefficient (Wildman–Crippen LogP) is -1.10. The molecule has 0 heterocycles. The van der Waals surface area contributed by atoms with E-state index in [1.165, 1.54) is 0 Å². The molecule has 0 saturated heterocycles. The van der Waals surface area contributed by atoms with Gasteiger partial charge in [-0.2, -0.15) is 8.78 Å². The maximum Gasteiger partial charge on any atom is 0.330 e. The Balaban J connectivity index is 4.13. The lowest BCUT2D eigenvalue weighted by molar-refractivity contribution is -0.148. The average Bonchev–Trinajstić information content (AvgIpc) is 2.12. The van der Waals surface area contributed by atoms with Crippen molar-refractivity contribution >= 4 is 11.9 Å². The van der Waals surface area contributed by atoms with Crippen molar-refractivity contribution in [3.8, 4) is 0 Å². The van der Waals surface area contributed by atoms with Gasteiger partial charge in [0, 0.05) is 0 Å². The van der Waals surface area contributed by atoms with E-state index in [-0.39, 0.29) is 0 Å². The summed E-state index contributed by atoms with van der Waals surface area (Å²) >= 11 is 0. The molecule has 0 rings (SSSR count). The monoisotopic (exact) mass is 197 g/mol. The van der Waals surface area contributed by atoms with Crippen molar-refractivity contribution < 1.29 is 28.2 Å². The molecular weight excluding hydrogens is 188 g/mol. The number of hydrogen-bond donors (Lipinski definition) is 2. The minimum absolute atomic E-state index is 0.787. The molecule has 1 unspecified atom stereocenters. The van der Waals surface area contributed by atoms with Crippen molar-refractivity contribution in [2.75, 3.05) is 13.7 Å². The van der Waals surface area contributed by atoms with Crippen molar-refractivity contribution in [1.82, 2.24) is 5.32 Å². The van der Waals surface area contributed by atoms with Crippen LogP contribution in [0.1, 0.15) is 0 Å². The summed E-state index contributed by atoms with van der Waals surface area (Å²) in [4.78, 5) is 21.0. The Bertz CT molecular complexity index is 197. The molecule has 0 bridgehead atoms. The van der Waals surface area contributed by atoms with E-state index in [9.17, 15) is 18.4 Å². The minimum atomic E-state index is -3.22. The molecule has 2 N–H and O–H groups in total. The van der Waals surface area contributed by atoms with E-state index in [1.54, 1.807) is 5.32 Å². The molecule has 0 aliphatic carbocycles. The molecule has 0 aromatic heterocycles. The summed E-state index contributed by atoms with van der Waals surface area (Å²) in [5.41, 5.74) is 0. The van der Waals surface area contributed by atoms with Crippen LogP contribution in [0.4, 0.5) is 8.78 Å². The molecule has 0 saturated carbocycles. The molecule has 0 aromatic carbocycles. The molecule has 13 heavy (non-hydrogen) atoms. The van der Waals surface area contributed by atoms with Crippen molar-refractivity contribution in [1.29, 1.82) is 0 Å². The van der Waals surface area contributed by atoms with Crippen molar-refractivity contribution in [3.63, 3.8) is 0 Å². The molecule has 5 nitrogen and oxygen atoms in total. The summed E-state index contributed by atoms with van der Waals surface area (Å²) < 4.78 is 27.4. The van der Waals surface area contributed by atoms with E-state index in [0.29, 0.717) is 0 Å². The van der Waals surface area contributed by atoms with Gasteiger partial charge in [0.05, 0.1) is 13.7 Å². The fourth-order valence-corrected chi connectivity index (χ4v) is 0.556. The summed E-state index contributed by atoms with van der Waals surface area (Å²) in [5.74, 6) is -2.60. The minimum Gasteiger partial charge on any atom is -0.467 e. The summed E-state index contributed by atoms with van der Waals surface area (Å²) in [6.45, 7) is -0.787. The zero-order valence-electron chi connectivity index (χ0n) is 6.79. The van der Waals surface area contributed by atoms with Gasteiger partial charge in [0.25, 0.3) is 5.91 Å². The summed E-state index contributed by atoms with van der Waals surface area (Å²) in [7, 11) is 1.01. The smallest absolute Gasteiger partial charge is 0.330 e. The molecule has 0 aliphatic rings. The van der Waals surface area contributed by atoms with Gasteiger partial charge in [0.15, 0.2) is 6.04 Å². The molecule has 0 aromatic rings. The third kappa shape index (κ3) is 3.79. The van der Waals surface area contributed by atoms with Crippen molar-refractivity contribution in [2.45, 2.75) is 12.5 Å². The van der Waals surface area contributed by atoms with Gasteiger partial charge in [-0.05, 0) is 0 Å². The third-order valence-corrected chi connectivity index (χ3v) is 1.18. The lowest BCUT2D eigenvalue weighted by atomic mass is 10.3. The number of aliphatic hydroxyl groups excluding tert-OH is 1. The zero-order valence-corrected chi connectivity index (χ0v) is 6.79. The molecule has 1 atom stereocenters. The SMILES string of the molecule is COC(=O)C(CO)NC(=O)C(F)F. The molecular formula is C6H9F2NO4. The number of halogens is 2. The van der Waals surface area contributed by atoms with Crippen LogP contribution in [0.15, 0.2) is 0 Å². The number of amides is 1. The second kappa shape index (κ2) is 5.41. The molecule has 0 radical (unpaired) electrons. The van der Waals surface area contributed by atoms with Gasteiger partial charge >= 0.3 is 12.4 Å². The van der Waals surface area contributed by atoms with E-state index >= 15 is 0 Å². The fourth-order valence-electron chi connectivity index (χ4n) is 0.556. The standard InChI is InChI=1S/C6H9F2NO4/c1-13-6(12)3(2-10)9-5(11)4(7)8/h3-4,10H,2H2,1H3,(H,9,11). The quantitative estimate of drug-likeness (QED) is 0.561. The number of nitrogens with one attached hydrogen (secondary N) is 1. The Morgan fingerprint density at radius 1 is 1.54 bits per heavy atom. The number of methoxy groups -OCH3 is 1. The van der Waals surface area contributed by atoms with Crippen LogP contribution in [-0.4, -0.2) is 43.2 Å². The molecule has 76 valence electrons. The Hall–Kier alpha value is -1.24. The van der Waals surface area contributed by atoms with Gasteiger partial charge in [-0.1, -0.05) is 0 Å². The van der Waals surface area contributed by atoms with Crippen LogP contribution in [0.3, 0.4) is 0 Å². The number of carbonyl (C=O) groups is 2. The Morgan fingerprint density at radius 2 is 2.08 bits per heavy atom. The van der Waals surface area contributed by atoms with Crippen LogP contribution in [0, 0.1) is 0 Å². The highest BCUT2D eigenvalue weighted by atomic mass is 19.3. The Labute approximate surface area is 72.7 Å². The van der Waals surface area contributed by atoms with E-state index in [4.69, 9.17) is 5.11 Å². The van der Waals surface area contributed by atoms with Crippen LogP contribution < -0.4 is 5.32 Å². The van der Waals surface area contributed by atoms with Gasteiger partial charge in [0.2, 0.25) is 0 Å². The number of rotatable bonds is 4. The van der Waals surface area contributed by atoms with E-state index in [1.807, 2.05) is 0 Å². The van der Waals surface area contributed by atoms with Crippen LogP contribution in [-0.2, 0) is 14.3 Å². The van der Waals surface area contributed by atoms with Crippen molar-refractivity contribution in [2.24, 2.45) is 0 Å². The number of alkyl halides is 2. The predicted molar refractivity (Wildman–Crippen MR) is 37.0 cm³/mol. The third-order valence-electron chi connectivity index (χ3n) is 1.18. The topological polar surface area (TPSA) is 75.6 Å². The number of hydrogen-bond acceptors (Lipinski definition) is 4. The Kier molecular flexibility index (Phi) is 4.90. The molecule has 0 aliphatic heterocycles. The first-order chi connectivity index (χ1) is 6.02. The van der Waals surface area contributed by atoms with Crippen molar-refractivity contribution in [3.05, 3.63) is 0 Å². The second-order valence-electron chi connectivity index (χ2n) is 2.07. The highest BCUT2D eigenvalue weighted by Gasteiger charge is 2.24. The summed E-state index contributed by atoms with van der Waals surface area (Å²) in [5, 5.41) is 10.1. The second-order valence-corrected chi connectivity index (χ2v) is 2.07. The number of esters is 1. The molecule has 0 fully saturated rings. The lowest BCUT2D eigenvalue weighted by Crippen LogP contribution is -2.46. The van der Waals surface area contributed by atoms with Crippen LogP contribution in [0.5, 0.6) is 0 Å². The highest BCUT2D eigenvalue weighted by molar-refractivity contribution is 5.86. The van der Waals surface area contributed by atoms with Crippen LogP contribution in [0.2, 0.25) is 0 Å². The summed E-state index contributed by atoms with van der Waals surface area (Å²) in [6, 6.07) is -1.44. The van der Waals surface area contributed by atoms with Crippen LogP contribution in [0.25, 0.3) is 0 Å². The maximum absolute atomic E-state index is 11.6. The van der Waals surface area contributed by atoms with Gasteiger partial charge < -0.3 is 15.2 Å². The zero-order chi connectivity index (χ0) is 10.4. The molecule has 1 amide bonds. The Morgan fingerprint density at radius 3 is 2.38 bits per heavy atom. The molecule has 0 spiro atoms. The first-order valence-corrected chi connectivity index (χ1v) is 3.30. The lowest BCUT2D eigenvalue weighted by Gasteiger charge is -2.12. The van der Waals surface area contributed by atoms with Gasteiger partial charge in [0.1, 0.15) is 0 Å². The van der Waals surface area contributed by atoms with E-state index in [0.717, 1.165) is 7.11 Å². The van der Waals surface area contributed by atoms with E-state index in [2.05, 4.69) is 4.74 Å². The van der Waals surface area contributed by atoms with Crippen LogP contribution >= 0.6 is 0 Å². The highest BCUT2D eigenvalue weighted by Crippen LogP contribution is 1.94. The van der Waals surface area contributed by atoms with Gasteiger partial charge in [-0.15, -0.1) is 0 Å². The van der Waals surface area contributed by atoms with E-state index < -0.39 is 31.0 Å². The normalized spacial score (nSPS) is 12.4. The average molecular weight is 197 g/mol. The first kappa shape index (κ1) is 11.8. The van der Waals surface area contributed by atoms with Gasteiger partial charge in [-0.25, -0.2) is 4.79 Å².